The molecule has 4 nitrogen and oxygen atoms in total. The highest BCUT2D eigenvalue weighted by Crippen LogP contribution is 2.31. The van der Waals surface area contributed by atoms with Crippen molar-refractivity contribution in [1.82, 2.24) is 10.9 Å². The molecule has 0 spiro atoms. The Balaban J connectivity index is 1.64. The Bertz CT molecular complexity index is 764. The Morgan fingerprint density at radius 2 is 1.84 bits per heavy atom. The summed E-state index contributed by atoms with van der Waals surface area (Å²) in [5, 5.41) is 2.53. The number of hydrogen-bond acceptors (Lipinski definition) is 3. The van der Waals surface area contributed by atoms with E-state index in [0.717, 1.165) is 22.2 Å². The molecule has 1 fully saturated rings. The van der Waals surface area contributed by atoms with Gasteiger partial charge in [-0.1, -0.05) is 34.1 Å². The summed E-state index contributed by atoms with van der Waals surface area (Å²) < 4.78 is 39.2. The average Bonchev–Trinajstić information content (AvgIpc) is 3.05. The topological polar surface area (TPSA) is 53.2 Å². The number of anilines is 1. The molecule has 1 aliphatic rings. The molecule has 2 aromatic carbocycles. The van der Waals surface area contributed by atoms with Gasteiger partial charge in [0, 0.05) is 16.2 Å². The fraction of sp³-hybridized carbons (Fsp3) is 0.235. The number of nitrogens with one attached hydrogen (secondary N) is 3. The van der Waals surface area contributed by atoms with Crippen LogP contribution in [0.2, 0.25) is 0 Å². The van der Waals surface area contributed by atoms with E-state index in [-0.39, 0.29) is 17.6 Å². The van der Waals surface area contributed by atoms with Gasteiger partial charge in [-0.3, -0.25) is 4.79 Å². The number of carbonyl (C=O) groups excluding carboxylic acids is 1. The number of alkyl halides is 3. The van der Waals surface area contributed by atoms with Gasteiger partial charge in [0.05, 0.1) is 5.56 Å². The first-order valence-corrected chi connectivity index (χ1v) is 8.37. The van der Waals surface area contributed by atoms with E-state index in [1.807, 2.05) is 24.3 Å². The van der Waals surface area contributed by atoms with Crippen LogP contribution in [0.1, 0.15) is 23.6 Å². The van der Waals surface area contributed by atoms with Crippen LogP contribution in [-0.2, 0) is 11.0 Å². The van der Waals surface area contributed by atoms with Crippen LogP contribution in [0.4, 0.5) is 18.9 Å². The van der Waals surface area contributed by atoms with Crippen LogP contribution >= 0.6 is 15.9 Å². The van der Waals surface area contributed by atoms with Crippen molar-refractivity contribution >= 4 is 27.5 Å². The van der Waals surface area contributed by atoms with Gasteiger partial charge in [0.15, 0.2) is 0 Å². The van der Waals surface area contributed by atoms with E-state index >= 15 is 0 Å². The van der Waals surface area contributed by atoms with Gasteiger partial charge in [-0.25, -0.2) is 10.9 Å². The Morgan fingerprint density at radius 1 is 1.12 bits per heavy atom. The maximum Gasteiger partial charge on any atom is 0.416 e. The first-order valence-electron chi connectivity index (χ1n) is 7.57. The lowest BCUT2D eigenvalue weighted by atomic mass is 10.0. The van der Waals surface area contributed by atoms with E-state index in [1.54, 1.807) is 0 Å². The van der Waals surface area contributed by atoms with E-state index in [1.165, 1.54) is 12.1 Å². The van der Waals surface area contributed by atoms with Gasteiger partial charge >= 0.3 is 6.18 Å². The molecule has 132 valence electrons. The summed E-state index contributed by atoms with van der Waals surface area (Å²) >= 11 is 3.37. The van der Waals surface area contributed by atoms with Crippen molar-refractivity contribution < 1.29 is 18.0 Å². The zero-order valence-electron chi connectivity index (χ0n) is 12.9. The third-order valence-corrected chi connectivity index (χ3v) is 4.48. The number of hydrazine groups is 1. The zero-order chi connectivity index (χ0) is 18.0. The SMILES string of the molecule is O=C(Nc1cccc(C(F)(F)F)c1)C1CC(c2ccc(Br)cc2)NN1. The largest absolute Gasteiger partial charge is 0.416 e. The Labute approximate surface area is 150 Å². The highest BCUT2D eigenvalue weighted by Gasteiger charge is 2.32. The molecule has 2 unspecified atom stereocenters. The van der Waals surface area contributed by atoms with Crippen molar-refractivity contribution in [3.63, 3.8) is 0 Å². The monoisotopic (exact) mass is 413 g/mol. The van der Waals surface area contributed by atoms with E-state index in [4.69, 9.17) is 0 Å². The average molecular weight is 414 g/mol. The van der Waals surface area contributed by atoms with Crippen molar-refractivity contribution in [1.29, 1.82) is 0 Å². The van der Waals surface area contributed by atoms with E-state index in [2.05, 4.69) is 32.1 Å². The number of hydrogen-bond donors (Lipinski definition) is 3. The molecule has 2 atom stereocenters. The lowest BCUT2D eigenvalue weighted by Gasteiger charge is -2.13. The first kappa shape index (κ1) is 17.9. The van der Waals surface area contributed by atoms with E-state index in [0.29, 0.717) is 6.42 Å². The molecular weight excluding hydrogens is 399 g/mol. The number of halogens is 4. The molecule has 0 bridgehead atoms. The zero-order valence-corrected chi connectivity index (χ0v) is 14.5. The summed E-state index contributed by atoms with van der Waals surface area (Å²) in [4.78, 5) is 12.3. The second-order valence-corrected chi connectivity index (χ2v) is 6.66. The lowest BCUT2D eigenvalue weighted by Crippen LogP contribution is -2.39. The van der Waals surface area contributed by atoms with Crippen molar-refractivity contribution in [2.24, 2.45) is 0 Å². The predicted molar refractivity (Wildman–Crippen MR) is 91.6 cm³/mol. The minimum absolute atomic E-state index is 0.0506. The summed E-state index contributed by atoms with van der Waals surface area (Å²) in [5.41, 5.74) is 6.27. The van der Waals surface area contributed by atoms with Crippen molar-refractivity contribution in [3.05, 3.63) is 64.1 Å². The molecule has 1 aliphatic heterocycles. The molecule has 0 aromatic heterocycles. The predicted octanol–water partition coefficient (Wildman–Crippen LogP) is 4.01. The minimum atomic E-state index is -4.44. The summed E-state index contributed by atoms with van der Waals surface area (Å²) in [6, 6.07) is 11.7. The van der Waals surface area contributed by atoms with Crippen molar-refractivity contribution in [3.8, 4) is 0 Å². The molecule has 1 heterocycles. The number of benzene rings is 2. The van der Waals surface area contributed by atoms with Gasteiger partial charge in [0.25, 0.3) is 0 Å². The van der Waals surface area contributed by atoms with Gasteiger partial charge in [0.1, 0.15) is 6.04 Å². The molecular formula is C17H15BrF3N3O. The normalized spacial score (nSPS) is 20.5. The second kappa shape index (κ2) is 7.15. The molecule has 2 aromatic rings. The standard InChI is InChI=1S/C17H15BrF3N3O/c18-12-6-4-10(5-7-12)14-9-15(24-23-14)16(25)22-13-3-1-2-11(8-13)17(19,20)21/h1-8,14-15,23-24H,9H2,(H,22,25). The summed E-state index contributed by atoms with van der Waals surface area (Å²) in [5.74, 6) is -0.383. The molecule has 0 aliphatic carbocycles. The van der Waals surface area contributed by atoms with Gasteiger partial charge in [-0.15, -0.1) is 0 Å². The molecule has 8 heteroatoms. The Kier molecular flexibility index (Phi) is 5.12. The van der Waals surface area contributed by atoms with Gasteiger partial charge in [-0.2, -0.15) is 13.2 Å². The molecule has 0 radical (unpaired) electrons. The van der Waals surface area contributed by atoms with Crippen LogP contribution in [0.5, 0.6) is 0 Å². The van der Waals surface area contributed by atoms with E-state index in [9.17, 15) is 18.0 Å². The number of amides is 1. The molecule has 3 rings (SSSR count). The van der Waals surface area contributed by atoms with Crippen LogP contribution in [0, 0.1) is 0 Å². The molecule has 25 heavy (non-hydrogen) atoms. The fourth-order valence-corrected chi connectivity index (χ4v) is 2.91. The maximum atomic E-state index is 12.7. The molecule has 1 amide bonds. The first-order chi connectivity index (χ1) is 11.8. The third kappa shape index (κ3) is 4.39. The van der Waals surface area contributed by atoms with E-state index < -0.39 is 17.8 Å². The number of carbonyl (C=O) groups is 1. The minimum Gasteiger partial charge on any atom is -0.325 e. The second-order valence-electron chi connectivity index (χ2n) is 5.75. The summed E-state index contributed by atoms with van der Waals surface area (Å²) in [7, 11) is 0. The van der Waals surface area contributed by atoms with Crippen LogP contribution in [0.15, 0.2) is 53.0 Å². The van der Waals surface area contributed by atoms with Crippen LogP contribution in [0.3, 0.4) is 0 Å². The molecule has 0 saturated carbocycles. The maximum absolute atomic E-state index is 12.7. The molecule has 3 N–H and O–H groups in total. The van der Waals surface area contributed by atoms with Crippen LogP contribution < -0.4 is 16.2 Å². The highest BCUT2D eigenvalue weighted by molar-refractivity contribution is 9.10. The Morgan fingerprint density at radius 3 is 2.52 bits per heavy atom. The van der Waals surface area contributed by atoms with Crippen LogP contribution in [-0.4, -0.2) is 11.9 Å². The highest BCUT2D eigenvalue weighted by atomic mass is 79.9. The fourth-order valence-electron chi connectivity index (χ4n) is 2.64. The third-order valence-electron chi connectivity index (χ3n) is 3.95. The number of rotatable bonds is 3. The summed E-state index contributed by atoms with van der Waals surface area (Å²) in [6.07, 6.45) is -3.95. The Hall–Kier alpha value is -1.90. The van der Waals surface area contributed by atoms with Crippen LogP contribution in [0.25, 0.3) is 0 Å². The van der Waals surface area contributed by atoms with Gasteiger partial charge < -0.3 is 5.32 Å². The smallest absolute Gasteiger partial charge is 0.325 e. The van der Waals surface area contributed by atoms with Gasteiger partial charge in [-0.05, 0) is 42.3 Å². The quantitative estimate of drug-likeness (QED) is 0.712. The lowest BCUT2D eigenvalue weighted by molar-refractivity contribution is -0.137. The van der Waals surface area contributed by atoms with Crippen molar-refractivity contribution in [2.75, 3.05) is 5.32 Å². The van der Waals surface area contributed by atoms with Gasteiger partial charge in [0.2, 0.25) is 5.91 Å². The van der Waals surface area contributed by atoms with Crippen molar-refractivity contribution in [2.45, 2.75) is 24.7 Å². The molecule has 1 saturated heterocycles. The summed E-state index contributed by atoms with van der Waals surface area (Å²) in [6.45, 7) is 0.